The lowest BCUT2D eigenvalue weighted by atomic mass is 9.81. The first-order chi connectivity index (χ1) is 12.2. The lowest BCUT2D eigenvalue weighted by Crippen LogP contribution is -2.41. The third-order valence-corrected chi connectivity index (χ3v) is 5.65. The molecule has 0 atom stereocenters. The Labute approximate surface area is 150 Å². The maximum Gasteiger partial charge on any atom is 0.119 e. The molecular formula is C21H27N3O. The Balaban J connectivity index is 1.34. The molecule has 0 spiro atoms. The molecule has 0 unspecified atom stereocenters. The number of hydrogen-bond acceptors (Lipinski definition) is 4. The van der Waals surface area contributed by atoms with Crippen molar-refractivity contribution in [2.24, 2.45) is 5.41 Å². The Bertz CT molecular complexity index is 708. The summed E-state index contributed by atoms with van der Waals surface area (Å²) in [5.74, 6) is 1.01. The summed E-state index contributed by atoms with van der Waals surface area (Å²) >= 11 is 0. The minimum absolute atomic E-state index is 0.248. The van der Waals surface area contributed by atoms with Crippen molar-refractivity contribution in [3.8, 4) is 5.75 Å². The first-order valence-electron chi connectivity index (χ1n) is 9.32. The van der Waals surface area contributed by atoms with E-state index in [0.29, 0.717) is 0 Å². The highest BCUT2D eigenvalue weighted by atomic mass is 16.5. The van der Waals surface area contributed by atoms with Gasteiger partial charge in [0.05, 0.1) is 6.61 Å². The number of benzene rings is 1. The summed E-state index contributed by atoms with van der Waals surface area (Å²) in [5, 5.41) is 3.44. The largest absolute Gasteiger partial charge is 0.493 e. The van der Waals surface area contributed by atoms with Crippen LogP contribution in [0.1, 0.15) is 30.9 Å². The van der Waals surface area contributed by atoms with Crippen LogP contribution in [0.15, 0.2) is 42.7 Å². The Morgan fingerprint density at radius 3 is 2.72 bits per heavy atom. The number of piperidine rings is 1. The highest BCUT2D eigenvalue weighted by Crippen LogP contribution is 2.34. The van der Waals surface area contributed by atoms with Gasteiger partial charge in [-0.3, -0.25) is 4.98 Å². The molecule has 2 aromatic rings. The van der Waals surface area contributed by atoms with Gasteiger partial charge in [0.15, 0.2) is 0 Å². The second kappa shape index (κ2) is 7.04. The third kappa shape index (κ3) is 3.79. The standard InChI is InChI=1S/C21H27N3O/c1-21(7-12-24(13-8-21)19-5-10-22-11-6-19)16-25-20-3-2-17-4-9-23-15-18(17)14-20/h2-3,5-6,10-11,14,23H,4,7-9,12-13,15-16H2,1H3. The third-order valence-electron chi connectivity index (χ3n) is 5.65. The highest BCUT2D eigenvalue weighted by Gasteiger charge is 2.31. The molecule has 1 N–H and O–H groups in total. The topological polar surface area (TPSA) is 37.4 Å². The van der Waals surface area contributed by atoms with Crippen molar-refractivity contribution in [3.63, 3.8) is 0 Å². The van der Waals surface area contributed by atoms with E-state index in [-0.39, 0.29) is 5.41 Å². The summed E-state index contributed by atoms with van der Waals surface area (Å²) in [4.78, 5) is 6.56. The first-order valence-corrected chi connectivity index (χ1v) is 9.32. The minimum Gasteiger partial charge on any atom is -0.493 e. The van der Waals surface area contributed by atoms with Gasteiger partial charge in [-0.1, -0.05) is 13.0 Å². The van der Waals surface area contributed by atoms with E-state index in [0.717, 1.165) is 57.8 Å². The van der Waals surface area contributed by atoms with Crippen LogP contribution in [0.5, 0.6) is 5.75 Å². The van der Waals surface area contributed by atoms with Crippen molar-refractivity contribution in [2.75, 3.05) is 31.1 Å². The van der Waals surface area contributed by atoms with E-state index in [9.17, 15) is 0 Å². The molecule has 4 rings (SSSR count). The molecule has 25 heavy (non-hydrogen) atoms. The van der Waals surface area contributed by atoms with Crippen LogP contribution in [0.25, 0.3) is 0 Å². The van der Waals surface area contributed by atoms with Gasteiger partial charge in [0.1, 0.15) is 5.75 Å². The maximum atomic E-state index is 6.20. The van der Waals surface area contributed by atoms with Gasteiger partial charge < -0.3 is 15.0 Å². The average molecular weight is 337 g/mol. The van der Waals surface area contributed by atoms with Crippen LogP contribution in [0.2, 0.25) is 0 Å². The number of aromatic nitrogens is 1. The monoisotopic (exact) mass is 337 g/mol. The molecule has 2 aliphatic rings. The minimum atomic E-state index is 0.248. The summed E-state index contributed by atoms with van der Waals surface area (Å²) in [6.07, 6.45) is 7.18. The fraction of sp³-hybridized carbons (Fsp3) is 0.476. The van der Waals surface area contributed by atoms with Crippen molar-refractivity contribution in [1.82, 2.24) is 10.3 Å². The number of fused-ring (bicyclic) bond motifs is 1. The normalized spacial score (nSPS) is 19.3. The van der Waals surface area contributed by atoms with Crippen LogP contribution >= 0.6 is 0 Å². The molecule has 1 aromatic carbocycles. The number of ether oxygens (including phenoxy) is 1. The second-order valence-corrected chi connectivity index (χ2v) is 7.65. The fourth-order valence-electron chi connectivity index (χ4n) is 3.81. The molecule has 2 aliphatic heterocycles. The SMILES string of the molecule is CC1(COc2ccc3c(c2)CNCC3)CCN(c2ccncc2)CC1. The molecule has 0 radical (unpaired) electrons. The van der Waals surface area contributed by atoms with E-state index >= 15 is 0 Å². The van der Waals surface area contributed by atoms with Gasteiger partial charge in [-0.25, -0.2) is 0 Å². The van der Waals surface area contributed by atoms with E-state index in [4.69, 9.17) is 4.74 Å². The lowest BCUT2D eigenvalue weighted by molar-refractivity contribution is 0.131. The van der Waals surface area contributed by atoms with Gasteiger partial charge in [0, 0.05) is 43.1 Å². The molecule has 0 bridgehead atoms. The average Bonchev–Trinajstić information content (AvgIpc) is 2.68. The number of pyridine rings is 1. The van der Waals surface area contributed by atoms with Crippen molar-refractivity contribution < 1.29 is 4.74 Å². The summed E-state index contributed by atoms with van der Waals surface area (Å²) in [5.41, 5.74) is 4.38. The van der Waals surface area contributed by atoms with Crippen LogP contribution in [0.4, 0.5) is 5.69 Å². The van der Waals surface area contributed by atoms with E-state index in [1.165, 1.54) is 16.8 Å². The summed E-state index contributed by atoms with van der Waals surface area (Å²) in [6, 6.07) is 10.8. The van der Waals surface area contributed by atoms with Gasteiger partial charge >= 0.3 is 0 Å². The number of anilines is 1. The molecular weight excluding hydrogens is 310 g/mol. The molecule has 4 nitrogen and oxygen atoms in total. The Morgan fingerprint density at radius 1 is 1.12 bits per heavy atom. The van der Waals surface area contributed by atoms with Crippen LogP contribution in [0, 0.1) is 5.41 Å². The number of nitrogens with one attached hydrogen (secondary N) is 1. The van der Waals surface area contributed by atoms with E-state index < -0.39 is 0 Å². The van der Waals surface area contributed by atoms with E-state index in [1.807, 2.05) is 12.4 Å². The predicted molar refractivity (Wildman–Crippen MR) is 101 cm³/mol. The smallest absolute Gasteiger partial charge is 0.119 e. The molecule has 132 valence electrons. The number of rotatable bonds is 4. The zero-order valence-electron chi connectivity index (χ0n) is 15.0. The van der Waals surface area contributed by atoms with Crippen LogP contribution in [0.3, 0.4) is 0 Å². The molecule has 1 aromatic heterocycles. The van der Waals surface area contributed by atoms with Crippen molar-refractivity contribution in [2.45, 2.75) is 32.7 Å². The molecule has 0 saturated carbocycles. The van der Waals surface area contributed by atoms with E-state index in [2.05, 4.69) is 52.5 Å². The van der Waals surface area contributed by atoms with Gasteiger partial charge in [0.25, 0.3) is 0 Å². The maximum absolute atomic E-state index is 6.20. The van der Waals surface area contributed by atoms with Crippen LogP contribution < -0.4 is 15.0 Å². The second-order valence-electron chi connectivity index (χ2n) is 7.65. The van der Waals surface area contributed by atoms with Gasteiger partial charge in [0.2, 0.25) is 0 Å². The van der Waals surface area contributed by atoms with Crippen molar-refractivity contribution in [1.29, 1.82) is 0 Å². The van der Waals surface area contributed by atoms with Crippen LogP contribution in [-0.4, -0.2) is 31.2 Å². The van der Waals surface area contributed by atoms with Crippen LogP contribution in [-0.2, 0) is 13.0 Å². The summed E-state index contributed by atoms with van der Waals surface area (Å²) in [6.45, 7) is 7.36. The molecule has 0 aliphatic carbocycles. The molecule has 0 amide bonds. The predicted octanol–water partition coefficient (Wildman–Crippen LogP) is 3.41. The Hall–Kier alpha value is -2.07. The Morgan fingerprint density at radius 2 is 1.92 bits per heavy atom. The molecule has 1 saturated heterocycles. The zero-order chi connectivity index (χ0) is 17.1. The number of hydrogen-bond donors (Lipinski definition) is 1. The quantitative estimate of drug-likeness (QED) is 0.928. The summed E-state index contributed by atoms with van der Waals surface area (Å²) in [7, 11) is 0. The van der Waals surface area contributed by atoms with Gasteiger partial charge in [-0.15, -0.1) is 0 Å². The Kier molecular flexibility index (Phi) is 4.62. The summed E-state index contributed by atoms with van der Waals surface area (Å²) < 4.78 is 6.20. The molecule has 4 heteroatoms. The zero-order valence-corrected chi connectivity index (χ0v) is 15.0. The fourth-order valence-corrected chi connectivity index (χ4v) is 3.81. The highest BCUT2D eigenvalue weighted by molar-refractivity contribution is 5.45. The lowest BCUT2D eigenvalue weighted by Gasteiger charge is -2.40. The molecule has 1 fully saturated rings. The van der Waals surface area contributed by atoms with Crippen molar-refractivity contribution >= 4 is 5.69 Å². The van der Waals surface area contributed by atoms with Crippen molar-refractivity contribution in [3.05, 3.63) is 53.9 Å². The van der Waals surface area contributed by atoms with Gasteiger partial charge in [-0.2, -0.15) is 0 Å². The van der Waals surface area contributed by atoms with E-state index in [1.54, 1.807) is 0 Å². The first kappa shape index (κ1) is 16.4. The van der Waals surface area contributed by atoms with Gasteiger partial charge in [-0.05, 0) is 61.2 Å². The molecule has 3 heterocycles. The number of nitrogens with zero attached hydrogens (tertiary/aromatic N) is 2.